The van der Waals surface area contributed by atoms with E-state index in [1.54, 1.807) is 6.92 Å². The predicted octanol–water partition coefficient (Wildman–Crippen LogP) is -2.03. The molecule has 4 aromatic heterocycles. The first-order chi connectivity index (χ1) is 21.7. The van der Waals surface area contributed by atoms with Crippen molar-refractivity contribution >= 4 is 49.9 Å². The number of aliphatic hydroxyl groups excluding tert-OH is 2. The van der Waals surface area contributed by atoms with E-state index in [0.717, 1.165) is 10.9 Å². The molecule has 4 unspecified atom stereocenters. The summed E-state index contributed by atoms with van der Waals surface area (Å²) in [4.78, 5) is 56.0. The molecule has 0 amide bonds. The number of hydrogen-bond donors (Lipinski definition) is 7. The molecule has 3 aliphatic heterocycles. The number of nitrogens with one attached hydrogen (secondary N) is 1. The van der Waals surface area contributed by atoms with Crippen molar-refractivity contribution in [3.8, 4) is 0 Å². The zero-order valence-corrected chi connectivity index (χ0v) is 25.1. The number of anilines is 2. The predicted molar refractivity (Wildman–Crippen MR) is 148 cm³/mol. The molecule has 3 saturated heterocycles. The van der Waals surface area contributed by atoms with Gasteiger partial charge in [-0.15, -0.1) is 0 Å². The van der Waals surface area contributed by atoms with E-state index >= 15 is 0 Å². The van der Waals surface area contributed by atoms with E-state index in [0.29, 0.717) is 11.2 Å². The van der Waals surface area contributed by atoms with Gasteiger partial charge in [0.05, 0.1) is 31.6 Å². The zero-order valence-electron chi connectivity index (χ0n) is 23.3. The van der Waals surface area contributed by atoms with E-state index in [2.05, 4.69) is 29.9 Å². The van der Waals surface area contributed by atoms with Crippen LogP contribution in [0.15, 0.2) is 17.4 Å². The number of fused-ring (bicyclic) bond motifs is 4. The fourth-order valence-electron chi connectivity index (χ4n) is 5.53. The van der Waals surface area contributed by atoms with E-state index in [1.165, 1.54) is 10.9 Å². The van der Waals surface area contributed by atoms with Gasteiger partial charge in [-0.3, -0.25) is 37.0 Å². The molecule has 0 bridgehead atoms. The quantitative estimate of drug-likeness (QED) is 0.112. The van der Waals surface area contributed by atoms with Crippen LogP contribution in [-0.4, -0.2) is 109 Å². The van der Waals surface area contributed by atoms with Crippen LogP contribution in [-0.2, 0) is 36.7 Å². The number of aryl methyl sites for hydroxylation is 1. The summed E-state index contributed by atoms with van der Waals surface area (Å²) in [5.41, 5.74) is 11.4. The normalized spacial score (nSPS) is 37.2. The Balaban J connectivity index is 1.17. The number of ether oxygens (including phenoxy) is 2. The SMILES string of the molecule is Cc1nc(N)nc2c1ncn2[C@@H]1O[C@@H]2COP(=O)(O)OC3[C@@H](COP(=O)(O)OC2[C@@H]1O)O[C@@H](n1cnc2c(=O)[nH]c(N)nc21)[C@H]3O. The molecule has 7 heterocycles. The summed E-state index contributed by atoms with van der Waals surface area (Å²) in [6.45, 7) is -0.0195. The molecule has 10 atom stereocenters. The molecule has 23 nitrogen and oxygen atoms in total. The Morgan fingerprint density at radius 2 is 1.35 bits per heavy atom. The Labute approximate surface area is 255 Å². The van der Waals surface area contributed by atoms with Crippen molar-refractivity contribution in [1.29, 1.82) is 0 Å². The van der Waals surface area contributed by atoms with Crippen LogP contribution in [0.4, 0.5) is 11.9 Å². The maximum atomic E-state index is 13.1. The van der Waals surface area contributed by atoms with Crippen molar-refractivity contribution in [2.75, 3.05) is 24.7 Å². The minimum Gasteiger partial charge on any atom is -0.386 e. The monoisotopic (exact) mass is 688 g/mol. The molecule has 3 fully saturated rings. The van der Waals surface area contributed by atoms with Gasteiger partial charge in [0.25, 0.3) is 5.56 Å². The Hall–Kier alpha value is -3.44. The number of hydrogen-bond acceptors (Lipinski definition) is 18. The summed E-state index contributed by atoms with van der Waals surface area (Å²) >= 11 is 0. The number of nitrogens with two attached hydrogens (primary N) is 2. The Morgan fingerprint density at radius 3 is 1.89 bits per heavy atom. The standard InChI is InChI=1S/C21H26N10O13P2/c1-6-9-15(27-20(22)26-6)30(4-24-9)18-11(32)13-7(41-18)2-39-46(37,38)44-14-8(3-40-45(35,36)43-13)42-19(12(14)33)31-5-25-10-16(31)28-21(23)29-17(10)34/h4-5,7-8,11-14,18-19,32-33H,2-3H2,1H3,(H,35,36)(H,37,38)(H2,22,26,27)(H3,23,28,29,34)/t7-,8-,11+,12+,13?,14?,18-,19-/m1/s1. The highest BCUT2D eigenvalue weighted by atomic mass is 31.2. The van der Waals surface area contributed by atoms with Crippen molar-refractivity contribution in [3.63, 3.8) is 0 Å². The molecule has 25 heteroatoms. The van der Waals surface area contributed by atoms with Crippen LogP contribution in [0.2, 0.25) is 0 Å². The van der Waals surface area contributed by atoms with Gasteiger partial charge >= 0.3 is 15.6 Å². The van der Waals surface area contributed by atoms with Gasteiger partial charge in [-0.1, -0.05) is 0 Å². The molecular weight excluding hydrogens is 662 g/mol. The number of nitrogens with zero attached hydrogens (tertiary/aromatic N) is 7. The topological polar surface area (TPSA) is 330 Å². The average molecular weight is 688 g/mol. The first kappa shape index (κ1) is 31.2. The summed E-state index contributed by atoms with van der Waals surface area (Å²) < 4.78 is 61.1. The summed E-state index contributed by atoms with van der Waals surface area (Å²) in [5.74, 6) is -0.361. The van der Waals surface area contributed by atoms with Crippen LogP contribution in [0.25, 0.3) is 22.3 Å². The van der Waals surface area contributed by atoms with Crippen molar-refractivity contribution < 1.29 is 56.7 Å². The minimum absolute atomic E-state index is 0.0931. The van der Waals surface area contributed by atoms with Gasteiger partial charge in [0, 0.05) is 0 Å². The number of phosphoric acid groups is 2. The third-order valence-corrected chi connectivity index (χ3v) is 9.51. The van der Waals surface area contributed by atoms with Crippen LogP contribution in [0.5, 0.6) is 0 Å². The number of nitrogen functional groups attached to an aromatic ring is 2. The van der Waals surface area contributed by atoms with Gasteiger partial charge < -0.3 is 40.9 Å². The third kappa shape index (κ3) is 5.39. The van der Waals surface area contributed by atoms with Gasteiger partial charge in [0.15, 0.2) is 29.3 Å². The molecule has 0 aliphatic carbocycles. The van der Waals surface area contributed by atoms with Crippen LogP contribution in [0.1, 0.15) is 18.1 Å². The average Bonchev–Trinajstić information content (AvgIpc) is 3.72. The lowest BCUT2D eigenvalue weighted by Crippen LogP contribution is -2.39. The fourth-order valence-corrected chi connectivity index (χ4v) is 7.45. The number of imidazole rings is 2. The number of aromatic nitrogens is 8. The number of H-pyrrole nitrogens is 1. The second kappa shape index (κ2) is 11.1. The largest absolute Gasteiger partial charge is 0.472 e. The van der Waals surface area contributed by atoms with Gasteiger partial charge in [0.2, 0.25) is 11.9 Å². The third-order valence-electron chi connectivity index (χ3n) is 7.54. The first-order valence-electron chi connectivity index (χ1n) is 13.4. The van der Waals surface area contributed by atoms with E-state index in [9.17, 15) is 33.9 Å². The summed E-state index contributed by atoms with van der Waals surface area (Å²) in [5, 5.41) is 22.3. The first-order valence-corrected chi connectivity index (χ1v) is 16.4. The van der Waals surface area contributed by atoms with Crippen LogP contribution in [0.3, 0.4) is 0 Å². The summed E-state index contributed by atoms with van der Waals surface area (Å²) in [6, 6.07) is 0. The van der Waals surface area contributed by atoms with Gasteiger partial charge in [-0.25, -0.2) is 24.1 Å². The molecule has 248 valence electrons. The lowest BCUT2D eigenvalue weighted by molar-refractivity contribution is -0.0664. The van der Waals surface area contributed by atoms with Crippen molar-refractivity contribution in [2.45, 2.75) is 56.0 Å². The number of rotatable bonds is 2. The highest BCUT2D eigenvalue weighted by Gasteiger charge is 2.54. The molecule has 46 heavy (non-hydrogen) atoms. The molecule has 3 aliphatic rings. The smallest absolute Gasteiger partial charge is 0.386 e. The van der Waals surface area contributed by atoms with Crippen molar-refractivity contribution in [2.24, 2.45) is 0 Å². The molecular formula is C21H26N10O13P2. The highest BCUT2D eigenvalue weighted by molar-refractivity contribution is 7.47. The Morgan fingerprint density at radius 1 is 0.848 bits per heavy atom. The highest BCUT2D eigenvalue weighted by Crippen LogP contribution is 2.53. The van der Waals surface area contributed by atoms with E-state index in [4.69, 9.17) is 39.0 Å². The fraction of sp³-hybridized carbons (Fsp3) is 0.524. The van der Waals surface area contributed by atoms with E-state index in [1.807, 2.05) is 0 Å². The molecule has 9 N–H and O–H groups in total. The molecule has 0 spiro atoms. The minimum atomic E-state index is -5.06. The van der Waals surface area contributed by atoms with Crippen molar-refractivity contribution in [1.82, 2.24) is 39.0 Å². The Bertz CT molecular complexity index is 1990. The van der Waals surface area contributed by atoms with Crippen LogP contribution >= 0.6 is 15.6 Å². The number of aromatic amines is 1. The number of phosphoric ester groups is 2. The Kier molecular flexibility index (Phi) is 7.51. The molecule has 7 rings (SSSR count). The van der Waals surface area contributed by atoms with Crippen molar-refractivity contribution in [3.05, 3.63) is 28.7 Å². The zero-order chi connectivity index (χ0) is 32.7. The summed E-state index contributed by atoms with van der Waals surface area (Å²) in [7, 11) is -10.1. The number of aliphatic hydroxyl groups is 2. The maximum Gasteiger partial charge on any atom is 0.472 e. The molecule has 0 aromatic carbocycles. The van der Waals surface area contributed by atoms with E-state index in [-0.39, 0.29) is 28.7 Å². The van der Waals surface area contributed by atoms with Gasteiger partial charge in [0.1, 0.15) is 42.1 Å². The summed E-state index contributed by atoms with van der Waals surface area (Å²) in [6.07, 6.45) is -10.2. The van der Waals surface area contributed by atoms with Crippen LogP contribution < -0.4 is 17.0 Å². The van der Waals surface area contributed by atoms with Gasteiger partial charge in [-0.05, 0) is 6.92 Å². The molecule has 4 aromatic rings. The molecule has 0 radical (unpaired) electrons. The maximum absolute atomic E-state index is 13.1. The van der Waals surface area contributed by atoms with E-state index < -0.39 is 83.5 Å². The molecule has 0 saturated carbocycles. The van der Waals surface area contributed by atoms with Crippen LogP contribution in [0, 0.1) is 6.92 Å². The lowest BCUT2D eigenvalue weighted by atomic mass is 10.1. The second-order valence-corrected chi connectivity index (χ2v) is 13.4. The second-order valence-electron chi connectivity index (χ2n) is 10.5. The lowest BCUT2D eigenvalue weighted by Gasteiger charge is -2.27. The van der Waals surface area contributed by atoms with Gasteiger partial charge in [-0.2, -0.15) is 9.97 Å².